The van der Waals surface area contributed by atoms with E-state index >= 15 is 0 Å². The molecule has 3 saturated carbocycles. The number of phenolic OH excluding ortho intramolecular Hbond substituents is 1. The first-order chi connectivity index (χ1) is 16.2. The average molecular weight is 463 g/mol. The predicted molar refractivity (Wildman–Crippen MR) is 141 cm³/mol. The first-order valence-corrected chi connectivity index (χ1v) is 14.1. The van der Waals surface area contributed by atoms with Crippen molar-refractivity contribution in [3.63, 3.8) is 0 Å². The fourth-order valence-electron chi connectivity index (χ4n) is 9.29. The summed E-state index contributed by atoms with van der Waals surface area (Å²) < 4.78 is 0. The second-order valence-corrected chi connectivity index (χ2v) is 12.9. The molecule has 0 radical (unpaired) electrons. The normalized spacial score (nSPS) is 42.6. The van der Waals surface area contributed by atoms with Crippen molar-refractivity contribution in [2.24, 2.45) is 46.3 Å². The van der Waals surface area contributed by atoms with Gasteiger partial charge in [-0.1, -0.05) is 63.6 Å². The van der Waals surface area contributed by atoms with Crippen LogP contribution in [0.25, 0.3) is 6.08 Å². The van der Waals surface area contributed by atoms with Gasteiger partial charge in [0.25, 0.3) is 0 Å². The summed E-state index contributed by atoms with van der Waals surface area (Å²) in [4.78, 5) is 0. The minimum Gasteiger partial charge on any atom is -0.508 e. The largest absolute Gasteiger partial charge is 0.508 e. The summed E-state index contributed by atoms with van der Waals surface area (Å²) in [5.74, 6) is 4.56. The second kappa shape index (κ2) is 9.16. The lowest BCUT2D eigenvalue weighted by Gasteiger charge is -2.59. The molecular weight excluding hydrogens is 416 g/mol. The Morgan fingerprint density at radius 3 is 2.47 bits per heavy atom. The second-order valence-electron chi connectivity index (χ2n) is 12.9. The molecule has 2 N–H and O–H groups in total. The van der Waals surface area contributed by atoms with E-state index in [1.54, 1.807) is 12.1 Å². The van der Waals surface area contributed by atoms with Gasteiger partial charge in [0.05, 0.1) is 6.10 Å². The molecule has 0 amide bonds. The lowest BCUT2D eigenvalue weighted by Crippen LogP contribution is -2.52. The summed E-state index contributed by atoms with van der Waals surface area (Å²) in [6.45, 7) is 10.0. The third-order valence-electron chi connectivity index (χ3n) is 11.3. The monoisotopic (exact) mass is 462 g/mol. The van der Waals surface area contributed by atoms with Gasteiger partial charge < -0.3 is 10.2 Å². The molecular formula is C32H46O2. The van der Waals surface area contributed by atoms with E-state index < -0.39 is 0 Å². The van der Waals surface area contributed by atoms with Gasteiger partial charge in [-0.05, 0) is 122 Å². The summed E-state index contributed by atoms with van der Waals surface area (Å²) >= 11 is 0. The Morgan fingerprint density at radius 2 is 1.71 bits per heavy atom. The highest BCUT2D eigenvalue weighted by atomic mass is 16.3. The molecule has 0 saturated heterocycles. The Morgan fingerprint density at radius 1 is 1.00 bits per heavy atom. The molecule has 0 aliphatic heterocycles. The number of hydrogen-bond acceptors (Lipinski definition) is 2. The number of aromatic hydroxyl groups is 1. The third kappa shape index (κ3) is 3.98. The topological polar surface area (TPSA) is 40.5 Å². The van der Waals surface area contributed by atoms with Crippen LogP contribution in [0.5, 0.6) is 5.75 Å². The Hall–Kier alpha value is -1.54. The van der Waals surface area contributed by atoms with Gasteiger partial charge in [0, 0.05) is 0 Å². The maximum atomic E-state index is 10.5. The summed E-state index contributed by atoms with van der Waals surface area (Å²) in [5, 5.41) is 20.0. The van der Waals surface area contributed by atoms with E-state index in [0.29, 0.717) is 28.4 Å². The Bertz CT molecular complexity index is 929. The molecule has 186 valence electrons. The molecule has 0 heterocycles. The zero-order valence-corrected chi connectivity index (χ0v) is 21.8. The van der Waals surface area contributed by atoms with Gasteiger partial charge in [0.1, 0.15) is 5.75 Å². The summed E-state index contributed by atoms with van der Waals surface area (Å²) in [6, 6.07) is 7.48. The number of phenols is 1. The maximum absolute atomic E-state index is 10.5. The molecule has 9 atom stereocenters. The Kier molecular flexibility index (Phi) is 6.51. The van der Waals surface area contributed by atoms with E-state index in [1.165, 1.54) is 44.9 Å². The van der Waals surface area contributed by atoms with E-state index in [1.807, 2.05) is 17.7 Å². The van der Waals surface area contributed by atoms with Crippen molar-refractivity contribution >= 4 is 6.08 Å². The summed E-state index contributed by atoms with van der Waals surface area (Å²) in [5.41, 5.74) is 3.85. The van der Waals surface area contributed by atoms with Crippen LogP contribution in [-0.4, -0.2) is 16.3 Å². The first-order valence-electron chi connectivity index (χ1n) is 14.1. The number of rotatable bonds is 5. The minimum absolute atomic E-state index is 0.0957. The van der Waals surface area contributed by atoms with E-state index in [9.17, 15) is 10.2 Å². The van der Waals surface area contributed by atoms with Crippen LogP contribution in [0.1, 0.15) is 91.0 Å². The third-order valence-corrected chi connectivity index (χ3v) is 11.3. The van der Waals surface area contributed by atoms with E-state index in [2.05, 4.69) is 45.9 Å². The van der Waals surface area contributed by atoms with E-state index in [4.69, 9.17) is 0 Å². The van der Waals surface area contributed by atoms with Crippen LogP contribution in [0.4, 0.5) is 0 Å². The highest BCUT2D eigenvalue weighted by Crippen LogP contribution is 2.67. The average Bonchev–Trinajstić information content (AvgIpc) is 3.18. The molecule has 2 nitrogen and oxygen atoms in total. The molecule has 4 aliphatic carbocycles. The van der Waals surface area contributed by atoms with Crippen molar-refractivity contribution in [1.82, 2.24) is 0 Å². The molecule has 1 aromatic rings. The zero-order chi connectivity index (χ0) is 24.1. The van der Waals surface area contributed by atoms with E-state index in [-0.39, 0.29) is 6.10 Å². The fourth-order valence-corrected chi connectivity index (χ4v) is 9.29. The van der Waals surface area contributed by atoms with Crippen molar-refractivity contribution < 1.29 is 10.2 Å². The van der Waals surface area contributed by atoms with Crippen LogP contribution < -0.4 is 0 Å². The van der Waals surface area contributed by atoms with E-state index in [0.717, 1.165) is 42.1 Å². The van der Waals surface area contributed by atoms with Gasteiger partial charge in [-0.15, -0.1) is 0 Å². The number of allylic oxidation sites excluding steroid dienone is 3. The SMILES string of the molecule is C[C@H](CCC=Cc1ccc(O)cc1)[C@H]1CC[C@H]2C3=CCC4[C@H](C)[C@@H](O)CC[C@]4(C)[C@H]3CC[C@]12C. The number of hydrogen-bond donors (Lipinski definition) is 2. The molecule has 5 rings (SSSR count). The summed E-state index contributed by atoms with van der Waals surface area (Å²) in [7, 11) is 0. The smallest absolute Gasteiger partial charge is 0.115 e. The van der Waals surface area contributed by atoms with Crippen molar-refractivity contribution in [3.8, 4) is 5.75 Å². The van der Waals surface area contributed by atoms with Crippen LogP contribution in [0.2, 0.25) is 0 Å². The number of aliphatic hydroxyl groups excluding tert-OH is 1. The van der Waals surface area contributed by atoms with Gasteiger partial charge >= 0.3 is 0 Å². The van der Waals surface area contributed by atoms with Gasteiger partial charge in [0.15, 0.2) is 0 Å². The van der Waals surface area contributed by atoms with Crippen molar-refractivity contribution in [2.45, 2.75) is 91.6 Å². The maximum Gasteiger partial charge on any atom is 0.115 e. The van der Waals surface area contributed by atoms with Crippen molar-refractivity contribution in [1.29, 1.82) is 0 Å². The Labute approximate surface area is 207 Å². The van der Waals surface area contributed by atoms with Gasteiger partial charge in [-0.3, -0.25) is 0 Å². The fraction of sp³-hybridized carbons (Fsp3) is 0.688. The lowest BCUT2D eigenvalue weighted by molar-refractivity contribution is -0.0773. The number of aliphatic hydroxyl groups is 1. The Balaban J connectivity index is 1.26. The van der Waals surface area contributed by atoms with Crippen LogP contribution in [-0.2, 0) is 0 Å². The van der Waals surface area contributed by atoms with Crippen LogP contribution >= 0.6 is 0 Å². The van der Waals surface area contributed by atoms with Crippen molar-refractivity contribution in [3.05, 3.63) is 47.6 Å². The van der Waals surface area contributed by atoms with Gasteiger partial charge in [0.2, 0.25) is 0 Å². The minimum atomic E-state index is -0.0957. The number of benzene rings is 1. The van der Waals surface area contributed by atoms with Gasteiger partial charge in [-0.2, -0.15) is 0 Å². The van der Waals surface area contributed by atoms with Gasteiger partial charge in [-0.25, -0.2) is 0 Å². The molecule has 0 aromatic heterocycles. The molecule has 3 fully saturated rings. The molecule has 1 aromatic carbocycles. The van der Waals surface area contributed by atoms with Crippen LogP contribution in [0, 0.1) is 46.3 Å². The summed E-state index contributed by atoms with van der Waals surface area (Å²) in [6.07, 6.45) is 18.4. The molecule has 2 heteroatoms. The first kappa shape index (κ1) is 24.2. The highest BCUT2D eigenvalue weighted by Gasteiger charge is 2.59. The standard InChI is InChI=1S/C32H46O2/c1-21(7-5-6-8-23-9-11-24(33)12-10-23)26-15-16-28-25-13-14-27-22(2)30(34)18-20-32(27,4)29(25)17-19-31(26,28)3/h6,8-13,21-22,26-30,33-34H,5,7,14-20H2,1-4H3/t21-,22+,26-,27?,28+,29+,30+,31-,32+/m1/s1. The lowest BCUT2D eigenvalue weighted by atomic mass is 9.46. The van der Waals surface area contributed by atoms with Crippen molar-refractivity contribution in [2.75, 3.05) is 0 Å². The molecule has 1 unspecified atom stereocenters. The zero-order valence-electron chi connectivity index (χ0n) is 21.8. The predicted octanol–water partition coefficient (Wildman–Crippen LogP) is 8.01. The quantitative estimate of drug-likeness (QED) is 0.435. The molecule has 0 spiro atoms. The molecule has 4 aliphatic rings. The van der Waals surface area contributed by atoms with Crippen LogP contribution in [0.3, 0.4) is 0 Å². The molecule has 0 bridgehead atoms. The van der Waals surface area contributed by atoms with Crippen LogP contribution in [0.15, 0.2) is 42.0 Å². The number of fused-ring (bicyclic) bond motifs is 5. The molecule has 34 heavy (non-hydrogen) atoms. The highest BCUT2D eigenvalue weighted by molar-refractivity contribution is 5.50.